The van der Waals surface area contributed by atoms with E-state index in [1.807, 2.05) is 0 Å². The number of carbonyl (C=O) groups is 1. The number of nitrogens with zero attached hydrogens (tertiary/aromatic N) is 5. The van der Waals surface area contributed by atoms with Crippen molar-refractivity contribution in [3.8, 4) is 5.75 Å². The predicted octanol–water partition coefficient (Wildman–Crippen LogP) is 2.60. The second-order valence-corrected chi connectivity index (χ2v) is 12.2. The minimum Gasteiger partial charge on any atom is -0.490 e. The van der Waals surface area contributed by atoms with E-state index < -0.39 is 27.1 Å². The summed E-state index contributed by atoms with van der Waals surface area (Å²) in [4.78, 5) is 27.2. The maximum atomic E-state index is 13.6. The first-order valence-electron chi connectivity index (χ1n) is 12.6. The number of amides is 1. The van der Waals surface area contributed by atoms with Crippen LogP contribution in [0.3, 0.4) is 0 Å². The number of ether oxygens (including phenoxy) is 2. The Morgan fingerprint density at radius 1 is 1.12 bits per heavy atom. The lowest BCUT2D eigenvalue weighted by atomic mass is 10.2. The highest BCUT2D eigenvalue weighted by atomic mass is 32.2. The van der Waals surface area contributed by atoms with Crippen molar-refractivity contribution in [1.82, 2.24) is 19.6 Å². The maximum absolute atomic E-state index is 13.6. The van der Waals surface area contributed by atoms with Gasteiger partial charge >= 0.3 is 6.09 Å². The van der Waals surface area contributed by atoms with E-state index in [4.69, 9.17) is 14.6 Å². The van der Waals surface area contributed by atoms with Gasteiger partial charge in [0.1, 0.15) is 18.0 Å². The Hall–Kier alpha value is -4.23. The van der Waals surface area contributed by atoms with Crippen molar-refractivity contribution in [3.63, 3.8) is 0 Å². The lowest BCUT2D eigenvalue weighted by Crippen LogP contribution is -2.41. The highest BCUT2D eigenvalue weighted by Gasteiger charge is 2.30. The van der Waals surface area contributed by atoms with Crippen LogP contribution in [0.1, 0.15) is 26.5 Å². The van der Waals surface area contributed by atoms with Gasteiger partial charge in [0.15, 0.2) is 0 Å². The van der Waals surface area contributed by atoms with Crippen molar-refractivity contribution < 1.29 is 27.8 Å². The van der Waals surface area contributed by atoms with E-state index in [0.29, 0.717) is 34.4 Å². The molecule has 0 saturated heterocycles. The number of hydrogen-bond donors (Lipinski definition) is 1. The number of carbonyl (C=O) groups excluding carboxylic acids is 1. The number of anilines is 1. The van der Waals surface area contributed by atoms with E-state index in [-0.39, 0.29) is 36.1 Å². The van der Waals surface area contributed by atoms with Gasteiger partial charge in [0.2, 0.25) is 9.84 Å². The molecule has 0 fully saturated rings. The Labute approximate surface area is 230 Å². The molecule has 13 heteroatoms. The van der Waals surface area contributed by atoms with Gasteiger partial charge < -0.3 is 14.6 Å². The Bertz CT molecular complexity index is 1760. The third kappa shape index (κ3) is 5.42. The molecule has 210 valence electrons. The topological polar surface area (TPSA) is 146 Å². The molecule has 0 saturated carbocycles. The van der Waals surface area contributed by atoms with Crippen LogP contribution in [0, 0.1) is 0 Å². The molecule has 0 aliphatic carbocycles. The number of sulfone groups is 1. The fourth-order valence-corrected chi connectivity index (χ4v) is 5.64. The van der Waals surface area contributed by atoms with Gasteiger partial charge in [-0.2, -0.15) is 10.2 Å². The first kappa shape index (κ1) is 27.3. The summed E-state index contributed by atoms with van der Waals surface area (Å²) in [5, 5.41) is 18.2. The van der Waals surface area contributed by atoms with Crippen molar-refractivity contribution in [3.05, 3.63) is 70.9 Å². The zero-order valence-electron chi connectivity index (χ0n) is 22.3. The highest BCUT2D eigenvalue weighted by molar-refractivity contribution is 7.91. The zero-order valence-corrected chi connectivity index (χ0v) is 23.1. The number of aliphatic hydroxyl groups is 1. The van der Waals surface area contributed by atoms with Crippen LogP contribution in [0.15, 0.2) is 69.4 Å². The van der Waals surface area contributed by atoms with Gasteiger partial charge in [-0.25, -0.2) is 17.9 Å². The summed E-state index contributed by atoms with van der Waals surface area (Å²) in [6.07, 6.45) is 2.54. The largest absolute Gasteiger partial charge is 0.490 e. The summed E-state index contributed by atoms with van der Waals surface area (Å²) in [5.74, 6) is 0.375. The Kier molecular flexibility index (Phi) is 7.10. The van der Waals surface area contributed by atoms with Crippen molar-refractivity contribution in [1.29, 1.82) is 0 Å². The number of hydrogen-bond acceptors (Lipinski definition) is 9. The Morgan fingerprint density at radius 2 is 1.88 bits per heavy atom. The van der Waals surface area contributed by atoms with Crippen molar-refractivity contribution in [2.75, 3.05) is 24.7 Å². The van der Waals surface area contributed by atoms with E-state index >= 15 is 0 Å². The molecule has 1 aliphatic rings. The van der Waals surface area contributed by atoms with E-state index in [2.05, 4.69) is 10.2 Å². The van der Waals surface area contributed by atoms with Crippen LogP contribution in [0.4, 0.5) is 10.5 Å². The molecule has 40 heavy (non-hydrogen) atoms. The van der Waals surface area contributed by atoms with Crippen LogP contribution in [0.5, 0.6) is 5.75 Å². The van der Waals surface area contributed by atoms with Crippen molar-refractivity contribution in [2.24, 2.45) is 0 Å². The summed E-state index contributed by atoms with van der Waals surface area (Å²) in [6, 6.07) is 10.3. The van der Waals surface area contributed by atoms with E-state index in [1.54, 1.807) is 37.7 Å². The minimum atomic E-state index is -4.03. The average molecular weight is 568 g/mol. The van der Waals surface area contributed by atoms with Crippen LogP contribution in [-0.2, 0) is 27.7 Å². The smallest absolute Gasteiger partial charge is 0.415 e. The van der Waals surface area contributed by atoms with Crippen molar-refractivity contribution >= 4 is 32.4 Å². The van der Waals surface area contributed by atoms with Crippen LogP contribution in [0.2, 0.25) is 0 Å². The molecule has 2 aromatic carbocycles. The second-order valence-electron chi connectivity index (χ2n) is 10.3. The maximum Gasteiger partial charge on any atom is 0.415 e. The van der Waals surface area contributed by atoms with E-state index in [1.165, 1.54) is 52.2 Å². The number of fused-ring (bicyclic) bond motifs is 2. The Balaban J connectivity index is 1.45. The van der Waals surface area contributed by atoms with Gasteiger partial charge in [-0.1, -0.05) is 0 Å². The lowest BCUT2D eigenvalue weighted by Gasteiger charge is -2.31. The van der Waals surface area contributed by atoms with Crippen LogP contribution >= 0.6 is 0 Å². The van der Waals surface area contributed by atoms with Gasteiger partial charge in [-0.05, 0) is 63.2 Å². The van der Waals surface area contributed by atoms with Gasteiger partial charge in [0, 0.05) is 11.6 Å². The molecule has 1 aliphatic heterocycles. The number of rotatable bonds is 6. The normalized spacial score (nSPS) is 13.7. The molecule has 1 amide bonds. The third-order valence-corrected chi connectivity index (χ3v) is 7.94. The molecule has 0 radical (unpaired) electrons. The molecule has 0 spiro atoms. The molecule has 0 bridgehead atoms. The molecule has 5 rings (SSSR count). The summed E-state index contributed by atoms with van der Waals surface area (Å²) < 4.78 is 41.2. The molecule has 1 N–H and O–H groups in total. The molecule has 12 nitrogen and oxygen atoms in total. The summed E-state index contributed by atoms with van der Waals surface area (Å²) >= 11 is 0. The Morgan fingerprint density at radius 3 is 2.62 bits per heavy atom. The van der Waals surface area contributed by atoms with Gasteiger partial charge in [0.25, 0.3) is 5.56 Å². The van der Waals surface area contributed by atoms with Crippen LogP contribution in [0.25, 0.3) is 10.8 Å². The first-order valence-corrected chi connectivity index (χ1v) is 14.1. The average Bonchev–Trinajstić information content (AvgIpc) is 3.35. The van der Waals surface area contributed by atoms with Gasteiger partial charge in [0.05, 0.1) is 59.0 Å². The highest BCUT2D eigenvalue weighted by Crippen LogP contribution is 2.36. The monoisotopic (exact) mass is 567 g/mol. The molecule has 0 atom stereocenters. The van der Waals surface area contributed by atoms with E-state index in [9.17, 15) is 18.0 Å². The minimum absolute atomic E-state index is 0.0257. The first-order chi connectivity index (χ1) is 19.0. The zero-order chi connectivity index (χ0) is 28.7. The molecule has 0 unspecified atom stereocenters. The predicted molar refractivity (Wildman–Crippen MR) is 145 cm³/mol. The molecule has 3 heterocycles. The third-order valence-electron chi connectivity index (χ3n) is 6.19. The number of benzene rings is 2. The summed E-state index contributed by atoms with van der Waals surface area (Å²) in [6.45, 7) is 6.13. The van der Waals surface area contributed by atoms with Gasteiger partial charge in [-0.15, -0.1) is 0 Å². The quantitative estimate of drug-likeness (QED) is 0.371. The summed E-state index contributed by atoms with van der Waals surface area (Å²) in [5.41, 5.74) is -0.220. The van der Waals surface area contributed by atoms with Crippen molar-refractivity contribution in [2.45, 2.75) is 49.3 Å². The SMILES string of the molecule is CC(C)(C)OC(=O)N1CCOc2ccc(S(=O)(=O)c3ccc4c(=O)n(Cc5ccn(CCO)n5)ncc4c3)cc21. The molecular formula is C27H29N5O7S. The second kappa shape index (κ2) is 10.4. The fraction of sp³-hybridized carbons (Fsp3) is 0.333. The van der Waals surface area contributed by atoms with Crippen LogP contribution in [-0.4, -0.2) is 64.5 Å². The molecule has 2 aromatic heterocycles. The fourth-order valence-electron chi connectivity index (χ4n) is 4.32. The molecular weight excluding hydrogens is 538 g/mol. The number of aliphatic hydroxyl groups excluding tert-OH is 1. The standard InChI is InChI=1S/C27H29N5O7S/c1-27(2,3)39-26(35)31-11-13-38-24-7-5-21(15-23(24)31)40(36,37)20-4-6-22-18(14-20)16-28-32(25(22)34)17-19-8-9-30(29-19)10-12-33/h4-9,14-16,33H,10-13,17H2,1-3H3. The number of aromatic nitrogens is 4. The molecule has 4 aromatic rings. The van der Waals surface area contributed by atoms with E-state index in [0.717, 1.165) is 0 Å². The lowest BCUT2D eigenvalue weighted by molar-refractivity contribution is 0.0567. The van der Waals surface area contributed by atoms with Crippen LogP contribution < -0.4 is 15.2 Å². The van der Waals surface area contributed by atoms with Gasteiger partial charge in [-0.3, -0.25) is 14.4 Å². The summed E-state index contributed by atoms with van der Waals surface area (Å²) in [7, 11) is -4.03.